The lowest BCUT2D eigenvalue weighted by molar-refractivity contribution is -0.133. The number of aryl methyl sites for hydroxylation is 1. The maximum Gasteiger partial charge on any atom is 0.342 e. The Morgan fingerprint density at radius 1 is 1.17 bits per heavy atom. The Bertz CT molecular complexity index is 743. The quantitative estimate of drug-likeness (QED) is 0.856. The summed E-state index contributed by atoms with van der Waals surface area (Å²) in [6, 6.07) is 10.3. The van der Waals surface area contributed by atoms with Crippen molar-refractivity contribution in [3.8, 4) is 5.75 Å². The molecule has 1 amide bonds. The van der Waals surface area contributed by atoms with Gasteiger partial charge in [-0.3, -0.25) is 4.79 Å². The van der Waals surface area contributed by atoms with E-state index < -0.39 is 18.5 Å². The SMILES string of the molecule is Cc1ccc(O)c(C(=O)OCC(=O)N(C)Cc2ccc(F)cc2)c1. The fraction of sp³-hybridized carbons (Fsp3) is 0.222. The molecule has 5 nitrogen and oxygen atoms in total. The number of benzene rings is 2. The van der Waals surface area contributed by atoms with Crippen LogP contribution in [-0.2, 0) is 16.1 Å². The van der Waals surface area contributed by atoms with Gasteiger partial charge in [-0.1, -0.05) is 23.8 Å². The highest BCUT2D eigenvalue weighted by Crippen LogP contribution is 2.19. The molecule has 6 heteroatoms. The Morgan fingerprint density at radius 2 is 1.83 bits per heavy atom. The minimum Gasteiger partial charge on any atom is -0.507 e. The Labute approximate surface area is 139 Å². The number of phenols is 1. The van der Waals surface area contributed by atoms with Gasteiger partial charge >= 0.3 is 5.97 Å². The van der Waals surface area contributed by atoms with Gasteiger partial charge in [0.15, 0.2) is 6.61 Å². The molecule has 0 radical (unpaired) electrons. The maximum atomic E-state index is 12.9. The molecule has 0 aliphatic heterocycles. The van der Waals surface area contributed by atoms with Crippen molar-refractivity contribution in [1.29, 1.82) is 0 Å². The molecule has 126 valence electrons. The van der Waals surface area contributed by atoms with Crippen LogP contribution in [0.2, 0.25) is 0 Å². The Kier molecular flexibility index (Phi) is 5.52. The van der Waals surface area contributed by atoms with E-state index >= 15 is 0 Å². The first kappa shape index (κ1) is 17.5. The Hall–Kier alpha value is -2.89. The predicted octanol–water partition coefficient (Wildman–Crippen LogP) is 2.66. The van der Waals surface area contributed by atoms with E-state index in [1.54, 1.807) is 32.2 Å². The molecule has 0 fully saturated rings. The minimum absolute atomic E-state index is 0.0176. The van der Waals surface area contributed by atoms with Crippen LogP contribution in [0.4, 0.5) is 4.39 Å². The van der Waals surface area contributed by atoms with Gasteiger partial charge < -0.3 is 14.7 Å². The lowest BCUT2D eigenvalue weighted by atomic mass is 10.1. The maximum absolute atomic E-state index is 12.9. The first-order valence-electron chi connectivity index (χ1n) is 7.32. The molecule has 2 aromatic carbocycles. The van der Waals surface area contributed by atoms with E-state index in [0.29, 0.717) is 0 Å². The summed E-state index contributed by atoms with van der Waals surface area (Å²) in [4.78, 5) is 25.3. The molecule has 0 saturated heterocycles. The molecular weight excluding hydrogens is 313 g/mol. The number of amides is 1. The molecule has 1 N–H and O–H groups in total. The summed E-state index contributed by atoms with van der Waals surface area (Å²) in [5, 5.41) is 9.67. The van der Waals surface area contributed by atoms with E-state index in [9.17, 15) is 19.1 Å². The molecule has 0 spiro atoms. The third-order valence-corrected chi connectivity index (χ3v) is 3.46. The van der Waals surface area contributed by atoms with Crippen molar-refractivity contribution in [3.05, 3.63) is 65.0 Å². The number of halogens is 1. The van der Waals surface area contributed by atoms with E-state index in [0.717, 1.165) is 11.1 Å². The molecule has 2 aromatic rings. The molecule has 0 heterocycles. The van der Waals surface area contributed by atoms with Crippen LogP contribution in [0.3, 0.4) is 0 Å². The van der Waals surface area contributed by atoms with Crippen LogP contribution in [-0.4, -0.2) is 35.5 Å². The molecule has 0 unspecified atom stereocenters. The largest absolute Gasteiger partial charge is 0.507 e. The fourth-order valence-electron chi connectivity index (χ4n) is 2.08. The van der Waals surface area contributed by atoms with Crippen molar-refractivity contribution in [2.24, 2.45) is 0 Å². The highest BCUT2D eigenvalue weighted by Gasteiger charge is 2.16. The highest BCUT2D eigenvalue weighted by molar-refractivity contribution is 5.94. The van der Waals surface area contributed by atoms with Gasteiger partial charge in [0.05, 0.1) is 0 Å². The first-order valence-corrected chi connectivity index (χ1v) is 7.32. The fourth-order valence-corrected chi connectivity index (χ4v) is 2.08. The molecule has 0 aromatic heterocycles. The lowest BCUT2D eigenvalue weighted by Gasteiger charge is -2.17. The molecular formula is C18H18FNO4. The summed E-state index contributed by atoms with van der Waals surface area (Å²) >= 11 is 0. The number of hydrogen-bond donors (Lipinski definition) is 1. The van der Waals surface area contributed by atoms with Gasteiger partial charge in [0.2, 0.25) is 0 Å². The summed E-state index contributed by atoms with van der Waals surface area (Å²) in [6.45, 7) is 1.61. The number of likely N-dealkylation sites (N-methyl/N-ethyl adjacent to an activating group) is 1. The second kappa shape index (κ2) is 7.59. The minimum atomic E-state index is -0.764. The third kappa shape index (κ3) is 4.55. The number of nitrogens with zero attached hydrogens (tertiary/aromatic N) is 1. The van der Waals surface area contributed by atoms with Crippen LogP contribution in [0.1, 0.15) is 21.5 Å². The number of esters is 1. The second-order valence-electron chi connectivity index (χ2n) is 5.47. The topological polar surface area (TPSA) is 66.8 Å². The number of carbonyl (C=O) groups excluding carboxylic acids is 2. The predicted molar refractivity (Wildman–Crippen MR) is 86.0 cm³/mol. The van der Waals surface area contributed by atoms with Gasteiger partial charge in [-0.25, -0.2) is 9.18 Å². The van der Waals surface area contributed by atoms with Gasteiger partial charge in [0, 0.05) is 13.6 Å². The van der Waals surface area contributed by atoms with E-state index in [2.05, 4.69) is 0 Å². The number of hydrogen-bond acceptors (Lipinski definition) is 4. The van der Waals surface area contributed by atoms with Gasteiger partial charge in [-0.15, -0.1) is 0 Å². The summed E-state index contributed by atoms with van der Waals surface area (Å²) in [5.74, 6) is -1.71. The highest BCUT2D eigenvalue weighted by atomic mass is 19.1. The van der Waals surface area contributed by atoms with E-state index in [4.69, 9.17) is 4.74 Å². The molecule has 0 bridgehead atoms. The second-order valence-corrected chi connectivity index (χ2v) is 5.47. The van der Waals surface area contributed by atoms with Crippen molar-refractivity contribution < 1.29 is 23.8 Å². The molecule has 0 aliphatic rings. The number of rotatable bonds is 5. The van der Waals surface area contributed by atoms with Crippen LogP contribution in [0.25, 0.3) is 0 Å². The van der Waals surface area contributed by atoms with Crippen molar-refractivity contribution >= 4 is 11.9 Å². The number of carbonyl (C=O) groups is 2. The van der Waals surface area contributed by atoms with Crippen molar-refractivity contribution in [2.45, 2.75) is 13.5 Å². The summed E-state index contributed by atoms with van der Waals surface area (Å²) < 4.78 is 17.8. The first-order chi connectivity index (χ1) is 11.4. The number of phenolic OH excluding ortho intramolecular Hbond substituents is 1. The van der Waals surface area contributed by atoms with Crippen LogP contribution < -0.4 is 0 Å². The summed E-state index contributed by atoms with van der Waals surface area (Å²) in [6.07, 6.45) is 0. The molecule has 0 saturated carbocycles. The van der Waals surface area contributed by atoms with Crippen molar-refractivity contribution in [2.75, 3.05) is 13.7 Å². The lowest BCUT2D eigenvalue weighted by Crippen LogP contribution is -2.30. The van der Waals surface area contributed by atoms with E-state index in [1.807, 2.05) is 0 Å². The van der Waals surface area contributed by atoms with E-state index in [-0.39, 0.29) is 23.7 Å². The zero-order valence-electron chi connectivity index (χ0n) is 13.5. The Balaban J connectivity index is 1.91. The Morgan fingerprint density at radius 3 is 2.50 bits per heavy atom. The van der Waals surface area contributed by atoms with Crippen LogP contribution in [0, 0.1) is 12.7 Å². The summed E-state index contributed by atoms with van der Waals surface area (Å²) in [7, 11) is 1.56. The van der Waals surface area contributed by atoms with Gasteiger partial charge in [-0.05, 0) is 36.8 Å². The average molecular weight is 331 g/mol. The van der Waals surface area contributed by atoms with Crippen molar-refractivity contribution in [3.63, 3.8) is 0 Å². The van der Waals surface area contributed by atoms with Crippen LogP contribution in [0.5, 0.6) is 5.75 Å². The third-order valence-electron chi connectivity index (χ3n) is 3.46. The van der Waals surface area contributed by atoms with E-state index in [1.165, 1.54) is 29.2 Å². The van der Waals surface area contributed by atoms with Crippen LogP contribution in [0.15, 0.2) is 42.5 Å². The smallest absolute Gasteiger partial charge is 0.342 e. The molecule has 2 rings (SSSR count). The molecule has 24 heavy (non-hydrogen) atoms. The average Bonchev–Trinajstić information content (AvgIpc) is 2.56. The normalized spacial score (nSPS) is 10.3. The molecule has 0 atom stereocenters. The van der Waals surface area contributed by atoms with Crippen molar-refractivity contribution in [1.82, 2.24) is 4.90 Å². The molecule has 0 aliphatic carbocycles. The van der Waals surface area contributed by atoms with Crippen LogP contribution >= 0.6 is 0 Å². The zero-order valence-corrected chi connectivity index (χ0v) is 13.5. The monoisotopic (exact) mass is 331 g/mol. The van der Waals surface area contributed by atoms with Gasteiger partial charge in [0.25, 0.3) is 5.91 Å². The zero-order chi connectivity index (χ0) is 17.7. The number of ether oxygens (including phenoxy) is 1. The van der Waals surface area contributed by atoms with Gasteiger partial charge in [0.1, 0.15) is 17.1 Å². The number of aromatic hydroxyl groups is 1. The summed E-state index contributed by atoms with van der Waals surface area (Å²) in [5.41, 5.74) is 1.57. The van der Waals surface area contributed by atoms with Gasteiger partial charge in [-0.2, -0.15) is 0 Å². The standard InChI is InChI=1S/C18H18FNO4/c1-12-3-8-16(21)15(9-12)18(23)24-11-17(22)20(2)10-13-4-6-14(19)7-5-13/h3-9,21H,10-11H2,1-2H3.